The van der Waals surface area contributed by atoms with Crippen LogP contribution in [0.1, 0.15) is 31.6 Å². The van der Waals surface area contributed by atoms with E-state index in [0.29, 0.717) is 17.8 Å². The Hall–Kier alpha value is -3.02. The van der Waals surface area contributed by atoms with E-state index in [4.69, 9.17) is 0 Å². The minimum atomic E-state index is -4.36. The first kappa shape index (κ1) is 30.9. The normalized spacial score (nSPS) is 15.0. The number of alkyl halides is 3. The van der Waals surface area contributed by atoms with Crippen LogP contribution in [0.15, 0.2) is 65.6 Å². The second kappa shape index (κ2) is 12.9. The first-order chi connectivity index (χ1) is 19.5. The Bertz CT molecular complexity index is 1550. The zero-order chi connectivity index (χ0) is 29.8. The zero-order valence-corrected chi connectivity index (χ0v) is 25.4. The van der Waals surface area contributed by atoms with Gasteiger partial charge in [-0.25, -0.2) is 8.42 Å². The number of nitrogens with one attached hydrogen (secondary N) is 2. The molecule has 0 bridgehead atoms. The van der Waals surface area contributed by atoms with E-state index in [1.807, 2.05) is 44.2 Å². The molecule has 0 radical (unpaired) electrons. The van der Waals surface area contributed by atoms with Gasteiger partial charge in [0, 0.05) is 40.5 Å². The molecule has 1 fully saturated rings. The van der Waals surface area contributed by atoms with Crippen LogP contribution in [-0.2, 0) is 22.9 Å². The van der Waals surface area contributed by atoms with E-state index in [0.717, 1.165) is 58.7 Å². The van der Waals surface area contributed by atoms with Crippen molar-refractivity contribution in [3.05, 3.63) is 65.5 Å². The molecule has 0 aliphatic carbocycles. The van der Waals surface area contributed by atoms with Crippen LogP contribution in [0.3, 0.4) is 0 Å². The second-order valence-electron chi connectivity index (χ2n) is 10.1. The lowest BCUT2D eigenvalue weighted by Crippen LogP contribution is -2.36. The topological polar surface area (TPSA) is 66.4 Å². The van der Waals surface area contributed by atoms with Gasteiger partial charge in [-0.2, -0.15) is 13.2 Å². The molecule has 2 N–H and O–H groups in total. The molecule has 5 rings (SSSR count). The lowest BCUT2D eigenvalue weighted by molar-refractivity contribution is -0.139. The van der Waals surface area contributed by atoms with Crippen molar-refractivity contribution in [1.82, 2.24) is 9.47 Å². The molecule has 0 saturated carbocycles. The molecule has 0 amide bonds. The van der Waals surface area contributed by atoms with Crippen LogP contribution in [0.25, 0.3) is 21.5 Å². The van der Waals surface area contributed by atoms with Crippen LogP contribution in [0.2, 0.25) is 0 Å². The van der Waals surface area contributed by atoms with Gasteiger partial charge in [0.1, 0.15) is 6.54 Å². The Morgan fingerprint density at radius 1 is 1.00 bits per heavy atom. The lowest BCUT2D eigenvalue weighted by atomic mass is 10.0. The van der Waals surface area contributed by atoms with Crippen LogP contribution in [0, 0.1) is 0 Å². The van der Waals surface area contributed by atoms with Gasteiger partial charge in [0.25, 0.3) is 0 Å². The number of fused-ring (bicyclic) bond motifs is 1. The smallest absolute Gasteiger partial charge is 0.382 e. The second-order valence-corrected chi connectivity index (χ2v) is 13.3. The Kier molecular flexibility index (Phi) is 9.71. The third-order valence-corrected chi connectivity index (χ3v) is 9.26. The highest BCUT2D eigenvalue weighted by Gasteiger charge is 2.31. The van der Waals surface area contributed by atoms with Crippen LogP contribution in [0.5, 0.6) is 0 Å². The van der Waals surface area contributed by atoms with Crippen molar-refractivity contribution in [1.29, 1.82) is 0 Å². The first-order valence-corrected chi connectivity index (χ1v) is 16.4. The summed E-state index contributed by atoms with van der Waals surface area (Å²) in [6, 6.07) is 17.9. The van der Waals surface area contributed by atoms with Gasteiger partial charge in [0.15, 0.2) is 9.84 Å². The first-order valence-electron chi connectivity index (χ1n) is 13.7. The summed E-state index contributed by atoms with van der Waals surface area (Å²) in [6.45, 7) is 5.37. The maximum absolute atomic E-state index is 13.7. The molecule has 1 saturated heterocycles. The summed E-state index contributed by atoms with van der Waals surface area (Å²) in [5.41, 5.74) is 2.71. The van der Waals surface area contributed by atoms with Crippen LogP contribution in [0.4, 0.5) is 24.5 Å². The van der Waals surface area contributed by atoms with Crippen molar-refractivity contribution in [3.8, 4) is 10.6 Å². The molecular formula is C30H37F3N4O2S2. The van der Waals surface area contributed by atoms with Crippen molar-refractivity contribution < 1.29 is 21.6 Å². The number of thiophene rings is 1. The van der Waals surface area contributed by atoms with E-state index in [-0.39, 0.29) is 10.9 Å². The number of rotatable bonds is 8. The Balaban J connectivity index is 0.00000189. The maximum atomic E-state index is 13.7. The van der Waals surface area contributed by atoms with Gasteiger partial charge >= 0.3 is 6.18 Å². The van der Waals surface area contributed by atoms with Crippen molar-refractivity contribution in [2.75, 3.05) is 37.0 Å². The standard InChI is InChI=1S/C28H31F3N4O2S2.C2H6/c1-34-14-12-20(13-15-34)33-24-4-3-5-25-23(24)16-26(35(25)18-28(29,30)31)27-11-8-21(38-27)17-32-19-6-9-22(10-7-19)39(2,36)37;1-2/h3-11,16,20,32-33H,12-15,17-18H2,1-2H3;1-2H3. The largest absolute Gasteiger partial charge is 0.406 e. The predicted octanol–water partition coefficient (Wildman–Crippen LogP) is 7.48. The van der Waals surface area contributed by atoms with Crippen LogP contribution < -0.4 is 10.6 Å². The third kappa shape index (κ3) is 7.84. The van der Waals surface area contributed by atoms with Gasteiger partial charge in [-0.15, -0.1) is 11.3 Å². The zero-order valence-electron chi connectivity index (χ0n) is 23.8. The Labute approximate surface area is 244 Å². The summed E-state index contributed by atoms with van der Waals surface area (Å²) < 4.78 is 65.8. The van der Waals surface area contributed by atoms with Crippen molar-refractivity contribution in [2.24, 2.45) is 0 Å². The number of nitrogens with zero attached hydrogens (tertiary/aromatic N) is 2. The van der Waals surface area contributed by atoms with E-state index in [1.54, 1.807) is 30.3 Å². The number of likely N-dealkylation sites (tertiary alicyclic amines) is 1. The molecule has 1 aliphatic heterocycles. The summed E-state index contributed by atoms with van der Waals surface area (Å²) in [7, 11) is -1.17. The summed E-state index contributed by atoms with van der Waals surface area (Å²) in [5.74, 6) is 0. The third-order valence-electron chi connectivity index (χ3n) is 7.02. The van der Waals surface area contributed by atoms with Crippen molar-refractivity contribution in [3.63, 3.8) is 0 Å². The maximum Gasteiger partial charge on any atom is 0.406 e. The van der Waals surface area contributed by atoms with E-state index >= 15 is 0 Å². The van der Waals surface area contributed by atoms with Crippen molar-refractivity contribution >= 4 is 43.5 Å². The Morgan fingerprint density at radius 2 is 1.68 bits per heavy atom. The predicted molar refractivity (Wildman–Crippen MR) is 164 cm³/mol. The number of anilines is 2. The molecule has 1 aliphatic rings. The number of aromatic nitrogens is 1. The lowest BCUT2D eigenvalue weighted by Gasteiger charge is -2.30. The molecule has 0 spiro atoms. The van der Waals surface area contributed by atoms with E-state index in [9.17, 15) is 21.6 Å². The van der Waals surface area contributed by atoms with Gasteiger partial charge < -0.3 is 20.1 Å². The highest BCUT2D eigenvalue weighted by atomic mass is 32.2. The molecule has 0 unspecified atom stereocenters. The van der Waals surface area contributed by atoms with E-state index in [2.05, 4.69) is 22.6 Å². The number of piperidine rings is 1. The fourth-order valence-electron chi connectivity index (χ4n) is 4.96. The number of hydrogen-bond acceptors (Lipinski definition) is 6. The molecule has 0 atom stereocenters. The average Bonchev–Trinajstić information content (AvgIpc) is 3.54. The highest BCUT2D eigenvalue weighted by molar-refractivity contribution is 7.90. The van der Waals surface area contributed by atoms with Crippen molar-refractivity contribution in [2.45, 2.75) is 56.9 Å². The molecule has 6 nitrogen and oxygen atoms in total. The summed E-state index contributed by atoms with van der Waals surface area (Å²) in [6.07, 6.45) is -1.23. The molecule has 222 valence electrons. The molecule has 3 heterocycles. The molecule has 41 heavy (non-hydrogen) atoms. The summed E-state index contributed by atoms with van der Waals surface area (Å²) in [4.78, 5) is 4.23. The number of benzene rings is 2. The summed E-state index contributed by atoms with van der Waals surface area (Å²) >= 11 is 1.44. The number of sulfone groups is 1. The highest BCUT2D eigenvalue weighted by Crippen LogP contribution is 2.38. The van der Waals surface area contributed by atoms with Gasteiger partial charge in [-0.1, -0.05) is 19.9 Å². The minimum absolute atomic E-state index is 0.244. The quantitative estimate of drug-likeness (QED) is 0.218. The fourth-order valence-corrected chi connectivity index (χ4v) is 6.56. The molecule has 2 aromatic heterocycles. The SMILES string of the molecule is CC.CN1CCC(Nc2cccc3c2cc(-c2ccc(CNc4ccc(S(C)(=O)=O)cc4)s2)n3CC(F)(F)F)CC1. The molecule has 4 aromatic rings. The molecule has 2 aromatic carbocycles. The average molecular weight is 607 g/mol. The van der Waals surface area contributed by atoms with Crippen LogP contribution >= 0.6 is 11.3 Å². The van der Waals surface area contributed by atoms with E-state index < -0.39 is 22.6 Å². The van der Waals surface area contributed by atoms with Gasteiger partial charge in [0.2, 0.25) is 0 Å². The molecular weight excluding hydrogens is 569 g/mol. The number of hydrogen-bond donors (Lipinski definition) is 2. The Morgan fingerprint density at radius 3 is 2.32 bits per heavy atom. The van der Waals surface area contributed by atoms with E-state index in [1.165, 1.54) is 15.9 Å². The van der Waals surface area contributed by atoms with Gasteiger partial charge in [-0.05, 0) is 87.6 Å². The van der Waals surface area contributed by atoms with Crippen LogP contribution in [-0.4, -0.2) is 56.5 Å². The monoisotopic (exact) mass is 606 g/mol. The summed E-state index contributed by atoms with van der Waals surface area (Å²) in [5, 5.41) is 7.63. The minimum Gasteiger partial charge on any atom is -0.382 e. The van der Waals surface area contributed by atoms with Gasteiger partial charge in [-0.3, -0.25) is 0 Å². The van der Waals surface area contributed by atoms with Gasteiger partial charge in [0.05, 0.1) is 21.0 Å². The number of halogens is 3. The fraction of sp³-hybridized carbons (Fsp3) is 0.400. The molecule has 11 heteroatoms.